The van der Waals surface area contributed by atoms with Gasteiger partial charge >= 0.3 is 12.3 Å². The first kappa shape index (κ1) is 15.9. The van der Waals surface area contributed by atoms with Crippen molar-refractivity contribution < 1.29 is 27.8 Å². The second-order valence-electron chi connectivity index (χ2n) is 5.10. The van der Waals surface area contributed by atoms with Gasteiger partial charge in [-0.1, -0.05) is 12.1 Å². The first-order chi connectivity index (χ1) is 11.3. The highest BCUT2D eigenvalue weighted by molar-refractivity contribution is 5.93. The van der Waals surface area contributed by atoms with E-state index in [0.717, 1.165) is 5.56 Å². The molecule has 0 aliphatic heterocycles. The maximum atomic E-state index is 12.1. The fraction of sp³-hybridized carbons (Fsp3) is 0.125. The van der Waals surface area contributed by atoms with Crippen LogP contribution in [0.15, 0.2) is 48.7 Å². The van der Waals surface area contributed by atoms with Gasteiger partial charge in [0.1, 0.15) is 5.75 Å². The maximum Gasteiger partial charge on any atom is 0.573 e. The second-order valence-corrected chi connectivity index (χ2v) is 5.10. The van der Waals surface area contributed by atoms with Gasteiger partial charge in [0.25, 0.3) is 0 Å². The maximum absolute atomic E-state index is 12.1. The lowest BCUT2D eigenvalue weighted by molar-refractivity contribution is -0.274. The Kier molecular flexibility index (Phi) is 3.88. The van der Waals surface area contributed by atoms with E-state index in [-0.39, 0.29) is 11.3 Å². The van der Waals surface area contributed by atoms with Crippen LogP contribution in [0, 0.1) is 0 Å². The third-order valence-corrected chi connectivity index (χ3v) is 3.30. The van der Waals surface area contributed by atoms with Crippen molar-refractivity contribution in [1.82, 2.24) is 9.78 Å². The predicted molar refractivity (Wildman–Crippen MR) is 78.9 cm³/mol. The van der Waals surface area contributed by atoms with E-state index < -0.39 is 12.3 Å². The van der Waals surface area contributed by atoms with Crippen molar-refractivity contribution in [2.75, 3.05) is 0 Å². The third-order valence-electron chi connectivity index (χ3n) is 3.30. The van der Waals surface area contributed by atoms with Gasteiger partial charge in [-0.3, -0.25) is 4.68 Å². The summed E-state index contributed by atoms with van der Waals surface area (Å²) in [5.41, 5.74) is 1.53. The van der Waals surface area contributed by atoms with Crippen molar-refractivity contribution in [2.24, 2.45) is 0 Å². The summed E-state index contributed by atoms with van der Waals surface area (Å²) in [7, 11) is 0. The standard InChI is InChI=1S/C16H11F3N2O3/c17-16(18,19)24-13-4-1-10(2-5-13)8-21-9-12-7-11(15(22)23)3-6-14(12)20-21/h1-7,9H,8H2,(H,22,23). The molecule has 0 saturated carbocycles. The highest BCUT2D eigenvalue weighted by atomic mass is 19.4. The largest absolute Gasteiger partial charge is 0.573 e. The monoisotopic (exact) mass is 336 g/mol. The number of rotatable bonds is 4. The quantitative estimate of drug-likeness (QED) is 0.789. The molecule has 0 fully saturated rings. The Labute approximate surface area is 133 Å². The number of alkyl halides is 3. The van der Waals surface area contributed by atoms with Crippen LogP contribution in [0.5, 0.6) is 5.75 Å². The molecule has 2 aromatic carbocycles. The molecule has 0 spiro atoms. The lowest BCUT2D eigenvalue weighted by Gasteiger charge is -2.09. The number of nitrogens with zero attached hydrogens (tertiary/aromatic N) is 2. The second kappa shape index (κ2) is 5.88. The zero-order chi connectivity index (χ0) is 17.3. The molecule has 124 valence electrons. The predicted octanol–water partition coefficient (Wildman–Crippen LogP) is 3.68. The molecule has 1 N–H and O–H groups in total. The number of benzene rings is 2. The fourth-order valence-electron chi connectivity index (χ4n) is 2.27. The lowest BCUT2D eigenvalue weighted by Crippen LogP contribution is -2.17. The number of aromatic carboxylic acids is 1. The van der Waals surface area contributed by atoms with Crippen LogP contribution in [-0.4, -0.2) is 27.2 Å². The molecule has 0 saturated heterocycles. The zero-order valence-electron chi connectivity index (χ0n) is 12.1. The molecule has 0 bridgehead atoms. The van der Waals surface area contributed by atoms with Crippen molar-refractivity contribution in [3.8, 4) is 5.75 Å². The Bertz CT molecular complexity index is 886. The molecule has 0 atom stereocenters. The molecular weight excluding hydrogens is 325 g/mol. The smallest absolute Gasteiger partial charge is 0.478 e. The van der Waals surface area contributed by atoms with E-state index in [1.54, 1.807) is 16.9 Å². The van der Waals surface area contributed by atoms with Gasteiger partial charge in [-0.15, -0.1) is 13.2 Å². The number of ether oxygens (including phenoxy) is 1. The van der Waals surface area contributed by atoms with Crippen LogP contribution >= 0.6 is 0 Å². The number of carboxylic acids is 1. The van der Waals surface area contributed by atoms with Crippen LogP contribution in [0.1, 0.15) is 15.9 Å². The van der Waals surface area contributed by atoms with Crippen LogP contribution in [0.25, 0.3) is 10.9 Å². The summed E-state index contributed by atoms with van der Waals surface area (Å²) in [6.45, 7) is 0.337. The lowest BCUT2D eigenvalue weighted by atomic mass is 10.2. The number of hydrogen-bond acceptors (Lipinski definition) is 3. The molecule has 0 amide bonds. The van der Waals surface area contributed by atoms with Crippen LogP contribution in [-0.2, 0) is 6.54 Å². The minimum Gasteiger partial charge on any atom is -0.478 e. The number of carboxylic acid groups (broad SMARTS) is 1. The first-order valence-electron chi connectivity index (χ1n) is 6.85. The van der Waals surface area contributed by atoms with Gasteiger partial charge in [-0.2, -0.15) is 5.10 Å². The highest BCUT2D eigenvalue weighted by Crippen LogP contribution is 2.23. The van der Waals surface area contributed by atoms with E-state index in [2.05, 4.69) is 9.84 Å². The first-order valence-corrected chi connectivity index (χ1v) is 6.85. The highest BCUT2D eigenvalue weighted by Gasteiger charge is 2.30. The van der Waals surface area contributed by atoms with Crippen LogP contribution in [0.3, 0.4) is 0 Å². The van der Waals surface area contributed by atoms with Crippen molar-refractivity contribution >= 4 is 16.9 Å². The summed E-state index contributed by atoms with van der Waals surface area (Å²) in [5, 5.41) is 13.9. The van der Waals surface area contributed by atoms with Crippen LogP contribution in [0.2, 0.25) is 0 Å². The van der Waals surface area contributed by atoms with E-state index in [1.165, 1.54) is 36.4 Å². The van der Waals surface area contributed by atoms with E-state index in [4.69, 9.17) is 5.11 Å². The van der Waals surface area contributed by atoms with E-state index in [9.17, 15) is 18.0 Å². The van der Waals surface area contributed by atoms with Gasteiger partial charge < -0.3 is 9.84 Å². The van der Waals surface area contributed by atoms with Gasteiger partial charge in [-0.25, -0.2) is 4.79 Å². The Hall–Kier alpha value is -3.03. The summed E-state index contributed by atoms with van der Waals surface area (Å²) in [6.07, 6.45) is -3.04. The van der Waals surface area contributed by atoms with Gasteiger partial charge in [0, 0.05) is 11.6 Å². The van der Waals surface area contributed by atoms with Crippen molar-refractivity contribution in [1.29, 1.82) is 0 Å². The van der Waals surface area contributed by atoms with Crippen molar-refractivity contribution in [3.05, 3.63) is 59.8 Å². The number of fused-ring (bicyclic) bond motifs is 1. The van der Waals surface area contributed by atoms with E-state index in [1.807, 2.05) is 0 Å². The molecular formula is C16H11F3N2O3. The average Bonchev–Trinajstić information content (AvgIpc) is 2.89. The molecule has 0 unspecified atom stereocenters. The molecule has 24 heavy (non-hydrogen) atoms. The topological polar surface area (TPSA) is 64.3 Å². The minimum absolute atomic E-state index is 0.163. The Morgan fingerprint density at radius 2 is 1.88 bits per heavy atom. The normalized spacial score (nSPS) is 11.6. The molecule has 3 aromatic rings. The molecule has 3 rings (SSSR count). The average molecular weight is 336 g/mol. The van der Waals surface area contributed by atoms with Crippen LogP contribution < -0.4 is 4.74 Å². The number of halogens is 3. The number of carbonyl (C=O) groups is 1. The summed E-state index contributed by atoms with van der Waals surface area (Å²) in [6, 6.07) is 10.1. The molecule has 8 heteroatoms. The Balaban J connectivity index is 1.78. The number of hydrogen-bond donors (Lipinski definition) is 1. The minimum atomic E-state index is -4.72. The summed E-state index contributed by atoms with van der Waals surface area (Å²) in [5.74, 6) is -1.31. The van der Waals surface area contributed by atoms with E-state index >= 15 is 0 Å². The van der Waals surface area contributed by atoms with Gasteiger partial charge in [0.2, 0.25) is 0 Å². The van der Waals surface area contributed by atoms with Crippen LogP contribution in [0.4, 0.5) is 13.2 Å². The van der Waals surface area contributed by atoms with Crippen molar-refractivity contribution in [2.45, 2.75) is 12.9 Å². The molecule has 1 heterocycles. The third kappa shape index (κ3) is 3.65. The Morgan fingerprint density at radius 1 is 1.17 bits per heavy atom. The van der Waals surface area contributed by atoms with Gasteiger partial charge in [0.15, 0.2) is 0 Å². The Morgan fingerprint density at radius 3 is 2.50 bits per heavy atom. The molecule has 0 radical (unpaired) electrons. The number of aromatic nitrogens is 2. The van der Waals surface area contributed by atoms with Gasteiger partial charge in [0.05, 0.1) is 17.6 Å². The van der Waals surface area contributed by atoms with E-state index in [0.29, 0.717) is 17.4 Å². The SMILES string of the molecule is O=C(O)c1ccc2nn(Cc3ccc(OC(F)(F)F)cc3)cc2c1. The fourth-order valence-corrected chi connectivity index (χ4v) is 2.27. The molecule has 0 aliphatic carbocycles. The zero-order valence-corrected chi connectivity index (χ0v) is 12.1. The summed E-state index contributed by atoms with van der Waals surface area (Å²) < 4.78 is 41.8. The van der Waals surface area contributed by atoms with Gasteiger partial charge in [-0.05, 0) is 35.9 Å². The summed E-state index contributed by atoms with van der Waals surface area (Å²) >= 11 is 0. The molecule has 5 nitrogen and oxygen atoms in total. The molecule has 0 aliphatic rings. The summed E-state index contributed by atoms with van der Waals surface area (Å²) in [4.78, 5) is 11.0. The molecule has 1 aromatic heterocycles. The van der Waals surface area contributed by atoms with Crippen molar-refractivity contribution in [3.63, 3.8) is 0 Å².